The summed E-state index contributed by atoms with van der Waals surface area (Å²) in [5.41, 5.74) is 0. The smallest absolute Gasteiger partial charge is 0.134 e. The number of hydrogen-bond acceptors (Lipinski definition) is 6. The lowest BCUT2D eigenvalue weighted by Crippen LogP contribution is -2.24. The Hall–Kier alpha value is -1.40. The summed E-state index contributed by atoms with van der Waals surface area (Å²) in [4.78, 5) is 46.4. The third-order valence-electron chi connectivity index (χ3n) is 3.69. The molecule has 1 rings (SSSR count). The minimum Gasteiger partial charge on any atom is -0.316 e. The fourth-order valence-electron chi connectivity index (χ4n) is 2.22. The highest BCUT2D eigenvalue weighted by atomic mass is 16.1. The van der Waals surface area contributed by atoms with E-state index >= 15 is 0 Å². The Kier molecular flexibility index (Phi) is 9.50. The quantitative estimate of drug-likeness (QED) is 0.680. The largest absolute Gasteiger partial charge is 0.316 e. The molecule has 6 nitrogen and oxygen atoms in total. The van der Waals surface area contributed by atoms with Gasteiger partial charge in [-0.2, -0.15) is 0 Å². The molecule has 1 saturated heterocycles. The highest BCUT2D eigenvalue weighted by molar-refractivity contribution is 5.87. The number of Topliss-reactive ketones (excluding diaryl/α,β-unsaturated/α-hetero) is 4. The third-order valence-corrected chi connectivity index (χ3v) is 3.69. The van der Waals surface area contributed by atoms with Crippen molar-refractivity contribution >= 4 is 23.1 Å². The Labute approximate surface area is 131 Å². The molecule has 0 aliphatic carbocycles. The van der Waals surface area contributed by atoms with Crippen molar-refractivity contribution in [2.24, 2.45) is 0 Å². The average Bonchev–Trinajstić information content (AvgIpc) is 2.49. The van der Waals surface area contributed by atoms with E-state index in [1.165, 1.54) is 0 Å². The highest BCUT2D eigenvalue weighted by Crippen LogP contribution is 2.01. The molecule has 1 heterocycles. The maximum absolute atomic E-state index is 11.6. The van der Waals surface area contributed by atoms with E-state index in [1.807, 2.05) is 0 Å². The molecule has 1 aliphatic rings. The van der Waals surface area contributed by atoms with E-state index in [1.54, 1.807) is 0 Å². The highest BCUT2D eigenvalue weighted by Gasteiger charge is 2.10. The summed E-state index contributed by atoms with van der Waals surface area (Å²) in [6.45, 7) is 2.11. The van der Waals surface area contributed by atoms with Crippen molar-refractivity contribution in [3.63, 3.8) is 0 Å². The Morgan fingerprint density at radius 2 is 0.636 bits per heavy atom. The van der Waals surface area contributed by atoms with Crippen LogP contribution in [-0.2, 0) is 19.2 Å². The number of hydrogen-bond donors (Lipinski definition) is 2. The molecule has 22 heavy (non-hydrogen) atoms. The van der Waals surface area contributed by atoms with Crippen LogP contribution in [0.2, 0.25) is 0 Å². The van der Waals surface area contributed by atoms with Crippen molar-refractivity contribution in [3.8, 4) is 0 Å². The molecule has 6 heteroatoms. The molecular weight excluding hydrogens is 284 g/mol. The van der Waals surface area contributed by atoms with Crippen molar-refractivity contribution in [1.29, 1.82) is 0 Å². The van der Waals surface area contributed by atoms with Crippen molar-refractivity contribution in [3.05, 3.63) is 0 Å². The molecule has 1 aliphatic heterocycles. The van der Waals surface area contributed by atoms with Crippen LogP contribution >= 0.6 is 0 Å². The zero-order chi connectivity index (χ0) is 16.2. The van der Waals surface area contributed by atoms with Gasteiger partial charge in [-0.1, -0.05) is 0 Å². The van der Waals surface area contributed by atoms with Crippen LogP contribution in [0.5, 0.6) is 0 Å². The van der Waals surface area contributed by atoms with Crippen molar-refractivity contribution in [2.75, 3.05) is 26.2 Å². The average molecular weight is 310 g/mol. The predicted octanol–water partition coefficient (Wildman–Crippen LogP) is 0.576. The lowest BCUT2D eigenvalue weighted by atomic mass is 10.1. The van der Waals surface area contributed by atoms with E-state index < -0.39 is 0 Å². The van der Waals surface area contributed by atoms with Crippen molar-refractivity contribution < 1.29 is 19.2 Å². The van der Waals surface area contributed by atoms with Gasteiger partial charge in [0.1, 0.15) is 23.1 Å². The lowest BCUT2D eigenvalue weighted by molar-refractivity contribution is -0.124. The van der Waals surface area contributed by atoms with Crippen molar-refractivity contribution in [1.82, 2.24) is 10.6 Å². The summed E-state index contributed by atoms with van der Waals surface area (Å²) in [5, 5.41) is 6.10. The molecule has 0 aromatic heterocycles. The van der Waals surface area contributed by atoms with Gasteiger partial charge in [-0.3, -0.25) is 19.2 Å². The first-order valence-electron chi connectivity index (χ1n) is 8.06. The summed E-state index contributed by atoms with van der Waals surface area (Å²) >= 11 is 0. The second-order valence-corrected chi connectivity index (χ2v) is 5.65. The van der Waals surface area contributed by atoms with E-state index in [0.717, 1.165) is 0 Å². The van der Waals surface area contributed by atoms with Crippen LogP contribution in [0.1, 0.15) is 51.4 Å². The number of ketones is 4. The van der Waals surface area contributed by atoms with Gasteiger partial charge < -0.3 is 10.6 Å². The summed E-state index contributed by atoms with van der Waals surface area (Å²) in [6.07, 6.45) is 2.71. The van der Waals surface area contributed by atoms with Crippen LogP contribution in [0.25, 0.3) is 0 Å². The minimum atomic E-state index is 0.0758. The summed E-state index contributed by atoms with van der Waals surface area (Å²) in [5.74, 6) is 0.303. The molecule has 0 spiro atoms. The number of rotatable bonds is 0. The first-order valence-corrected chi connectivity index (χ1v) is 8.06. The normalized spacial score (nSPS) is 22.2. The summed E-state index contributed by atoms with van der Waals surface area (Å²) in [6, 6.07) is 0. The lowest BCUT2D eigenvalue weighted by Gasteiger charge is -2.07. The molecule has 0 amide bonds. The van der Waals surface area contributed by atoms with Crippen LogP contribution in [0.15, 0.2) is 0 Å². The van der Waals surface area contributed by atoms with Gasteiger partial charge in [0.15, 0.2) is 0 Å². The molecule has 1 fully saturated rings. The molecule has 0 bridgehead atoms. The molecule has 0 saturated carbocycles. The van der Waals surface area contributed by atoms with Gasteiger partial charge in [0.2, 0.25) is 0 Å². The van der Waals surface area contributed by atoms with Crippen LogP contribution in [0.3, 0.4) is 0 Å². The SMILES string of the molecule is O=C1CCNCCC(=O)CCC(=O)CCNCCC(=O)CC1. The van der Waals surface area contributed by atoms with E-state index in [4.69, 9.17) is 0 Å². The maximum Gasteiger partial charge on any atom is 0.134 e. The zero-order valence-corrected chi connectivity index (χ0v) is 13.1. The Bertz CT molecular complexity index is 333. The van der Waals surface area contributed by atoms with Gasteiger partial charge in [-0.25, -0.2) is 0 Å². The van der Waals surface area contributed by atoms with Crippen LogP contribution in [0, 0.1) is 0 Å². The topological polar surface area (TPSA) is 92.3 Å². The molecule has 0 unspecified atom stereocenters. The van der Waals surface area contributed by atoms with E-state index in [0.29, 0.717) is 51.9 Å². The Morgan fingerprint density at radius 1 is 0.409 bits per heavy atom. The number of carbonyl (C=O) groups is 4. The monoisotopic (exact) mass is 310 g/mol. The Morgan fingerprint density at radius 3 is 0.864 bits per heavy atom. The number of carbonyl (C=O) groups excluding carboxylic acids is 4. The van der Waals surface area contributed by atoms with Crippen LogP contribution < -0.4 is 10.6 Å². The minimum absolute atomic E-state index is 0.0758. The second-order valence-electron chi connectivity index (χ2n) is 5.65. The number of nitrogens with one attached hydrogen (secondary N) is 2. The first kappa shape index (κ1) is 18.6. The fourth-order valence-corrected chi connectivity index (χ4v) is 2.22. The van der Waals surface area contributed by atoms with Gasteiger partial charge in [0.05, 0.1) is 0 Å². The standard InChI is InChI=1S/C16H26N2O4/c19-13-1-2-14(20)6-10-18-12-8-16(22)4-3-15(21)7-11-17-9-5-13/h17-18H,1-12H2. The molecular formula is C16H26N2O4. The van der Waals surface area contributed by atoms with Crippen LogP contribution in [-0.4, -0.2) is 49.3 Å². The van der Waals surface area contributed by atoms with Gasteiger partial charge in [-0.15, -0.1) is 0 Å². The van der Waals surface area contributed by atoms with Crippen LogP contribution in [0.4, 0.5) is 0 Å². The second kappa shape index (κ2) is 11.2. The zero-order valence-electron chi connectivity index (χ0n) is 13.1. The first-order chi connectivity index (χ1) is 10.6. The molecule has 2 N–H and O–H groups in total. The summed E-state index contributed by atoms with van der Waals surface area (Å²) in [7, 11) is 0. The van der Waals surface area contributed by atoms with Gasteiger partial charge >= 0.3 is 0 Å². The summed E-state index contributed by atoms with van der Waals surface area (Å²) < 4.78 is 0. The van der Waals surface area contributed by atoms with Gasteiger partial charge in [0, 0.05) is 77.5 Å². The van der Waals surface area contributed by atoms with E-state index in [2.05, 4.69) is 10.6 Å². The molecule has 0 aromatic rings. The molecule has 0 aromatic carbocycles. The van der Waals surface area contributed by atoms with Gasteiger partial charge in [0.25, 0.3) is 0 Å². The van der Waals surface area contributed by atoms with E-state index in [9.17, 15) is 19.2 Å². The third kappa shape index (κ3) is 9.52. The Balaban J connectivity index is 2.38. The fraction of sp³-hybridized carbons (Fsp3) is 0.750. The molecule has 0 atom stereocenters. The molecule has 124 valence electrons. The van der Waals surface area contributed by atoms with Crippen molar-refractivity contribution in [2.45, 2.75) is 51.4 Å². The maximum atomic E-state index is 11.6. The predicted molar refractivity (Wildman–Crippen MR) is 82.7 cm³/mol. The van der Waals surface area contributed by atoms with E-state index in [-0.39, 0.29) is 48.8 Å². The molecule has 0 radical (unpaired) electrons. The van der Waals surface area contributed by atoms with Gasteiger partial charge in [-0.05, 0) is 0 Å².